The highest BCUT2D eigenvalue weighted by Gasteiger charge is 2.30. The minimum absolute atomic E-state index is 0.342. The van der Waals surface area contributed by atoms with Crippen molar-refractivity contribution in [2.75, 3.05) is 19.0 Å². The van der Waals surface area contributed by atoms with Gasteiger partial charge in [0.25, 0.3) is 0 Å². The highest BCUT2D eigenvalue weighted by atomic mass is 19.4. The summed E-state index contributed by atoms with van der Waals surface area (Å²) < 4.78 is 44.9. The third-order valence-electron chi connectivity index (χ3n) is 2.88. The molecule has 2 aromatic rings. The minimum atomic E-state index is -4.36. The first-order valence-electron chi connectivity index (χ1n) is 6.37. The van der Waals surface area contributed by atoms with Crippen LogP contribution in [0.15, 0.2) is 30.5 Å². The molecule has 0 saturated carbocycles. The molecule has 0 atom stereocenters. The van der Waals surface area contributed by atoms with E-state index in [4.69, 9.17) is 4.74 Å². The van der Waals surface area contributed by atoms with E-state index in [1.54, 1.807) is 17.7 Å². The van der Waals surface area contributed by atoms with Crippen LogP contribution >= 0.6 is 0 Å². The van der Waals surface area contributed by atoms with E-state index in [2.05, 4.69) is 10.3 Å². The van der Waals surface area contributed by atoms with Gasteiger partial charge in [-0.2, -0.15) is 13.2 Å². The lowest BCUT2D eigenvalue weighted by Crippen LogP contribution is -2.08. The summed E-state index contributed by atoms with van der Waals surface area (Å²) >= 11 is 0. The molecule has 0 aliphatic rings. The summed E-state index contributed by atoms with van der Waals surface area (Å²) in [5.41, 5.74) is 0.425. The first-order valence-corrected chi connectivity index (χ1v) is 6.37. The molecule has 0 radical (unpaired) electrons. The number of halogens is 3. The summed E-state index contributed by atoms with van der Waals surface area (Å²) in [5.74, 6) is 0.490. The molecule has 0 aliphatic carbocycles. The molecule has 7 heteroatoms. The monoisotopic (exact) mass is 299 g/mol. The normalized spacial score (nSPS) is 11.7. The molecule has 1 aromatic heterocycles. The van der Waals surface area contributed by atoms with Crippen LogP contribution in [0, 0.1) is 6.92 Å². The van der Waals surface area contributed by atoms with Crippen LogP contribution in [0.25, 0.3) is 0 Å². The Morgan fingerprint density at radius 3 is 2.76 bits per heavy atom. The van der Waals surface area contributed by atoms with E-state index in [0.717, 1.165) is 17.8 Å². The summed E-state index contributed by atoms with van der Waals surface area (Å²) in [6.07, 6.45) is -2.55. The zero-order chi connectivity index (χ0) is 15.5. The number of aryl methyl sites for hydroxylation is 1. The lowest BCUT2D eigenvalue weighted by molar-refractivity contribution is -0.137. The standard InChI is InChI=1S/C14H16F3N3O/c1-10-9-20(6-7-21-2)13(18-10)19-12-5-3-4-11(8-12)14(15,16)17/h3-5,8-9H,6-7H2,1-2H3,(H,18,19). The number of hydrogen-bond acceptors (Lipinski definition) is 3. The van der Waals surface area contributed by atoms with Crippen molar-refractivity contribution in [2.24, 2.45) is 0 Å². The summed E-state index contributed by atoms with van der Waals surface area (Å²) in [6, 6.07) is 5.03. The molecule has 2 rings (SSSR count). The molecule has 1 heterocycles. The van der Waals surface area contributed by atoms with Crippen LogP contribution in [0.4, 0.5) is 24.8 Å². The third kappa shape index (κ3) is 3.98. The van der Waals surface area contributed by atoms with Crippen molar-refractivity contribution < 1.29 is 17.9 Å². The average Bonchev–Trinajstić information content (AvgIpc) is 2.76. The molecule has 4 nitrogen and oxygen atoms in total. The Kier molecular flexibility index (Phi) is 4.52. The number of aromatic nitrogens is 2. The maximum atomic E-state index is 12.7. The molecule has 0 bridgehead atoms. The highest BCUT2D eigenvalue weighted by molar-refractivity contribution is 5.55. The van der Waals surface area contributed by atoms with Crippen molar-refractivity contribution >= 4 is 11.6 Å². The molecular weight excluding hydrogens is 283 g/mol. The van der Waals surface area contributed by atoms with Crippen molar-refractivity contribution in [1.29, 1.82) is 0 Å². The molecule has 0 amide bonds. The first-order chi connectivity index (χ1) is 9.90. The lowest BCUT2D eigenvalue weighted by atomic mass is 10.2. The molecule has 1 N–H and O–H groups in total. The van der Waals surface area contributed by atoms with Crippen LogP contribution in [0.3, 0.4) is 0 Å². The number of methoxy groups -OCH3 is 1. The van der Waals surface area contributed by atoms with E-state index in [0.29, 0.717) is 24.8 Å². The van der Waals surface area contributed by atoms with Gasteiger partial charge in [-0.05, 0) is 25.1 Å². The molecule has 21 heavy (non-hydrogen) atoms. The van der Waals surface area contributed by atoms with Gasteiger partial charge in [0.15, 0.2) is 0 Å². The Balaban J connectivity index is 2.22. The van der Waals surface area contributed by atoms with Crippen molar-refractivity contribution in [1.82, 2.24) is 9.55 Å². The van der Waals surface area contributed by atoms with Gasteiger partial charge < -0.3 is 14.6 Å². The van der Waals surface area contributed by atoms with E-state index in [1.807, 2.05) is 13.1 Å². The summed E-state index contributed by atoms with van der Waals surface area (Å²) in [6.45, 7) is 2.88. The largest absolute Gasteiger partial charge is 0.416 e. The number of alkyl halides is 3. The van der Waals surface area contributed by atoms with Gasteiger partial charge in [-0.25, -0.2) is 4.98 Å². The summed E-state index contributed by atoms with van der Waals surface area (Å²) in [5, 5.41) is 2.91. The Labute approximate surface area is 120 Å². The van der Waals surface area contributed by atoms with Gasteiger partial charge in [-0.3, -0.25) is 0 Å². The highest BCUT2D eigenvalue weighted by Crippen LogP contribution is 2.31. The smallest absolute Gasteiger partial charge is 0.383 e. The molecular formula is C14H16F3N3O. The fourth-order valence-electron chi connectivity index (χ4n) is 1.91. The van der Waals surface area contributed by atoms with Crippen LogP contribution in [0.1, 0.15) is 11.3 Å². The zero-order valence-electron chi connectivity index (χ0n) is 11.7. The molecule has 0 unspecified atom stereocenters. The number of ether oxygens (including phenoxy) is 1. The number of benzene rings is 1. The van der Waals surface area contributed by atoms with Crippen LogP contribution < -0.4 is 5.32 Å². The Hall–Kier alpha value is -2.02. The van der Waals surface area contributed by atoms with E-state index < -0.39 is 11.7 Å². The predicted octanol–water partition coefficient (Wildman–Crippen LogP) is 3.60. The van der Waals surface area contributed by atoms with Gasteiger partial charge in [-0.1, -0.05) is 6.07 Å². The molecule has 0 spiro atoms. The van der Waals surface area contributed by atoms with Crippen LogP contribution in [0.5, 0.6) is 0 Å². The van der Waals surface area contributed by atoms with E-state index in [-0.39, 0.29) is 0 Å². The Morgan fingerprint density at radius 2 is 2.10 bits per heavy atom. The van der Waals surface area contributed by atoms with Gasteiger partial charge in [0.2, 0.25) is 5.95 Å². The second-order valence-electron chi connectivity index (χ2n) is 4.60. The molecule has 1 aromatic carbocycles. The van der Waals surface area contributed by atoms with Gasteiger partial charge in [0, 0.05) is 25.5 Å². The minimum Gasteiger partial charge on any atom is -0.383 e. The van der Waals surface area contributed by atoms with Crippen molar-refractivity contribution in [3.63, 3.8) is 0 Å². The second-order valence-corrected chi connectivity index (χ2v) is 4.60. The van der Waals surface area contributed by atoms with Crippen molar-refractivity contribution in [2.45, 2.75) is 19.6 Å². The summed E-state index contributed by atoms with van der Waals surface area (Å²) in [7, 11) is 1.59. The van der Waals surface area contributed by atoms with Crippen LogP contribution in [-0.4, -0.2) is 23.3 Å². The van der Waals surface area contributed by atoms with Crippen molar-refractivity contribution in [3.8, 4) is 0 Å². The fraction of sp³-hybridized carbons (Fsp3) is 0.357. The maximum absolute atomic E-state index is 12.7. The number of imidazole rings is 1. The number of rotatable bonds is 5. The van der Waals surface area contributed by atoms with E-state index in [9.17, 15) is 13.2 Å². The van der Waals surface area contributed by atoms with Crippen LogP contribution in [-0.2, 0) is 17.5 Å². The Morgan fingerprint density at radius 1 is 1.33 bits per heavy atom. The zero-order valence-corrected chi connectivity index (χ0v) is 11.7. The number of nitrogens with zero attached hydrogens (tertiary/aromatic N) is 2. The number of nitrogens with one attached hydrogen (secondary N) is 1. The van der Waals surface area contributed by atoms with Crippen LogP contribution in [0.2, 0.25) is 0 Å². The molecule has 114 valence electrons. The van der Waals surface area contributed by atoms with E-state index >= 15 is 0 Å². The van der Waals surface area contributed by atoms with Gasteiger partial charge >= 0.3 is 6.18 Å². The number of anilines is 2. The fourth-order valence-corrected chi connectivity index (χ4v) is 1.91. The molecule has 0 saturated heterocycles. The van der Waals surface area contributed by atoms with Gasteiger partial charge in [0.1, 0.15) is 0 Å². The second kappa shape index (κ2) is 6.17. The molecule has 0 aliphatic heterocycles. The third-order valence-corrected chi connectivity index (χ3v) is 2.88. The maximum Gasteiger partial charge on any atom is 0.416 e. The average molecular weight is 299 g/mol. The lowest BCUT2D eigenvalue weighted by Gasteiger charge is -2.11. The molecule has 0 fully saturated rings. The first kappa shape index (κ1) is 15.4. The van der Waals surface area contributed by atoms with Gasteiger partial charge in [0.05, 0.1) is 17.9 Å². The quantitative estimate of drug-likeness (QED) is 0.917. The van der Waals surface area contributed by atoms with Crippen molar-refractivity contribution in [3.05, 3.63) is 41.7 Å². The number of hydrogen-bond donors (Lipinski definition) is 1. The predicted molar refractivity (Wildman–Crippen MR) is 73.6 cm³/mol. The van der Waals surface area contributed by atoms with Gasteiger partial charge in [-0.15, -0.1) is 0 Å². The summed E-state index contributed by atoms with van der Waals surface area (Å²) in [4.78, 5) is 4.27. The van der Waals surface area contributed by atoms with E-state index in [1.165, 1.54) is 6.07 Å². The topological polar surface area (TPSA) is 39.1 Å². The Bertz CT molecular complexity index is 608. The SMILES string of the molecule is COCCn1cc(C)nc1Nc1cccc(C(F)(F)F)c1.